The van der Waals surface area contributed by atoms with E-state index >= 15 is 0 Å². The summed E-state index contributed by atoms with van der Waals surface area (Å²) in [6.07, 6.45) is 2.23. The van der Waals surface area contributed by atoms with Crippen molar-refractivity contribution in [3.63, 3.8) is 0 Å². The maximum atomic E-state index is 8.92. The zero-order valence-electron chi connectivity index (χ0n) is 8.95. The molecule has 0 radical (unpaired) electrons. The molecule has 2 heteroatoms. The minimum Gasteiger partial charge on any atom is -0.288 e. The molecule has 0 bridgehead atoms. The SMILES string of the molecule is CCC(C#N)N1CCC(C(C)C)C1. The minimum atomic E-state index is 0.156. The van der Waals surface area contributed by atoms with Crippen molar-refractivity contribution in [3.05, 3.63) is 0 Å². The Bertz CT molecular complexity index is 193. The van der Waals surface area contributed by atoms with Gasteiger partial charge in [-0.15, -0.1) is 0 Å². The van der Waals surface area contributed by atoms with E-state index in [4.69, 9.17) is 5.26 Å². The summed E-state index contributed by atoms with van der Waals surface area (Å²) in [5.41, 5.74) is 0. The second kappa shape index (κ2) is 4.62. The number of hydrogen-bond acceptors (Lipinski definition) is 2. The molecule has 1 rings (SSSR count). The van der Waals surface area contributed by atoms with Crippen molar-refractivity contribution in [2.45, 2.75) is 39.7 Å². The van der Waals surface area contributed by atoms with Gasteiger partial charge in [0.05, 0.1) is 12.1 Å². The van der Waals surface area contributed by atoms with Gasteiger partial charge in [0, 0.05) is 6.54 Å². The monoisotopic (exact) mass is 180 g/mol. The van der Waals surface area contributed by atoms with Gasteiger partial charge in [0.2, 0.25) is 0 Å². The van der Waals surface area contributed by atoms with E-state index in [-0.39, 0.29) is 6.04 Å². The highest BCUT2D eigenvalue weighted by Gasteiger charge is 2.28. The summed E-state index contributed by atoms with van der Waals surface area (Å²) in [4.78, 5) is 2.34. The Morgan fingerprint density at radius 2 is 2.23 bits per heavy atom. The summed E-state index contributed by atoms with van der Waals surface area (Å²) < 4.78 is 0. The molecule has 74 valence electrons. The van der Waals surface area contributed by atoms with Crippen molar-refractivity contribution in [1.29, 1.82) is 5.26 Å². The van der Waals surface area contributed by atoms with Crippen molar-refractivity contribution in [3.8, 4) is 6.07 Å². The molecular weight excluding hydrogens is 160 g/mol. The van der Waals surface area contributed by atoms with Crippen LogP contribution in [0.15, 0.2) is 0 Å². The van der Waals surface area contributed by atoms with E-state index in [1.165, 1.54) is 6.42 Å². The van der Waals surface area contributed by atoms with Crippen LogP contribution in [-0.2, 0) is 0 Å². The lowest BCUT2D eigenvalue weighted by molar-refractivity contribution is 0.260. The van der Waals surface area contributed by atoms with E-state index in [0.29, 0.717) is 0 Å². The topological polar surface area (TPSA) is 27.0 Å². The van der Waals surface area contributed by atoms with Crippen LogP contribution in [0.5, 0.6) is 0 Å². The lowest BCUT2D eigenvalue weighted by Gasteiger charge is -2.21. The first-order valence-electron chi connectivity index (χ1n) is 5.32. The van der Waals surface area contributed by atoms with E-state index in [2.05, 4.69) is 31.7 Å². The van der Waals surface area contributed by atoms with Crippen LogP contribution in [0, 0.1) is 23.2 Å². The van der Waals surface area contributed by atoms with Crippen LogP contribution in [0.1, 0.15) is 33.6 Å². The van der Waals surface area contributed by atoms with Gasteiger partial charge in [0.1, 0.15) is 0 Å². The number of likely N-dealkylation sites (tertiary alicyclic amines) is 1. The van der Waals surface area contributed by atoms with Crippen LogP contribution in [0.25, 0.3) is 0 Å². The van der Waals surface area contributed by atoms with E-state index in [1.807, 2.05) is 0 Å². The van der Waals surface area contributed by atoms with E-state index in [9.17, 15) is 0 Å². The number of nitrogens with zero attached hydrogens (tertiary/aromatic N) is 2. The highest BCUT2D eigenvalue weighted by Crippen LogP contribution is 2.25. The molecule has 0 aromatic rings. The average molecular weight is 180 g/mol. The summed E-state index contributed by atoms with van der Waals surface area (Å²) in [6.45, 7) is 8.90. The molecule has 13 heavy (non-hydrogen) atoms. The molecule has 0 aromatic heterocycles. The molecule has 1 aliphatic heterocycles. The van der Waals surface area contributed by atoms with Gasteiger partial charge in [-0.05, 0) is 31.2 Å². The zero-order valence-corrected chi connectivity index (χ0v) is 8.95. The van der Waals surface area contributed by atoms with Crippen molar-refractivity contribution < 1.29 is 0 Å². The third kappa shape index (κ3) is 2.45. The summed E-state index contributed by atoms with van der Waals surface area (Å²) in [5, 5.41) is 8.92. The fraction of sp³-hybridized carbons (Fsp3) is 0.909. The lowest BCUT2D eigenvalue weighted by Crippen LogP contribution is -2.32. The Kier molecular flexibility index (Phi) is 3.74. The predicted octanol–water partition coefficient (Wildman–Crippen LogP) is 2.27. The minimum absolute atomic E-state index is 0.156. The summed E-state index contributed by atoms with van der Waals surface area (Å²) in [6, 6.07) is 2.54. The van der Waals surface area contributed by atoms with Gasteiger partial charge < -0.3 is 0 Å². The third-order valence-corrected chi connectivity index (χ3v) is 3.18. The second-order valence-electron chi connectivity index (χ2n) is 4.34. The van der Waals surface area contributed by atoms with Crippen LogP contribution in [-0.4, -0.2) is 24.0 Å². The quantitative estimate of drug-likeness (QED) is 0.666. The van der Waals surface area contributed by atoms with Crippen LogP contribution in [0.4, 0.5) is 0 Å². The van der Waals surface area contributed by atoms with Gasteiger partial charge >= 0.3 is 0 Å². The fourth-order valence-electron chi connectivity index (χ4n) is 2.07. The molecule has 0 spiro atoms. The summed E-state index contributed by atoms with van der Waals surface area (Å²) >= 11 is 0. The molecular formula is C11H20N2. The van der Waals surface area contributed by atoms with Gasteiger partial charge in [0.15, 0.2) is 0 Å². The van der Waals surface area contributed by atoms with Crippen LogP contribution in [0.3, 0.4) is 0 Å². The van der Waals surface area contributed by atoms with E-state index in [1.54, 1.807) is 0 Å². The molecule has 1 heterocycles. The molecule has 2 atom stereocenters. The maximum absolute atomic E-state index is 8.92. The Morgan fingerprint density at radius 3 is 2.62 bits per heavy atom. The molecule has 1 aliphatic rings. The molecule has 2 nitrogen and oxygen atoms in total. The van der Waals surface area contributed by atoms with E-state index in [0.717, 1.165) is 31.3 Å². The van der Waals surface area contributed by atoms with Gasteiger partial charge in [-0.3, -0.25) is 4.90 Å². The third-order valence-electron chi connectivity index (χ3n) is 3.18. The molecule has 0 saturated carbocycles. The van der Waals surface area contributed by atoms with Crippen molar-refractivity contribution in [1.82, 2.24) is 4.90 Å². The molecule has 0 amide bonds. The van der Waals surface area contributed by atoms with Crippen LogP contribution in [0.2, 0.25) is 0 Å². The number of hydrogen-bond donors (Lipinski definition) is 0. The summed E-state index contributed by atoms with van der Waals surface area (Å²) in [5.74, 6) is 1.57. The molecule has 2 unspecified atom stereocenters. The normalized spacial score (nSPS) is 26.2. The van der Waals surface area contributed by atoms with Crippen molar-refractivity contribution in [2.24, 2.45) is 11.8 Å². The van der Waals surface area contributed by atoms with Gasteiger partial charge in [-0.1, -0.05) is 20.8 Å². The summed E-state index contributed by atoms with van der Waals surface area (Å²) in [7, 11) is 0. The Hall–Kier alpha value is -0.550. The molecule has 0 N–H and O–H groups in total. The first-order valence-corrected chi connectivity index (χ1v) is 5.32. The molecule has 1 saturated heterocycles. The molecule has 0 aromatic carbocycles. The lowest BCUT2D eigenvalue weighted by atomic mass is 9.95. The van der Waals surface area contributed by atoms with Gasteiger partial charge in [0.25, 0.3) is 0 Å². The Balaban J connectivity index is 2.45. The van der Waals surface area contributed by atoms with Crippen LogP contribution >= 0.6 is 0 Å². The Labute approximate surface area is 81.5 Å². The standard InChI is InChI=1S/C11H20N2/c1-4-11(7-12)13-6-5-10(8-13)9(2)3/h9-11H,4-6,8H2,1-3H3. The smallest absolute Gasteiger partial charge is 0.0975 e. The first kappa shape index (κ1) is 10.5. The van der Waals surface area contributed by atoms with E-state index < -0.39 is 0 Å². The molecule has 1 fully saturated rings. The zero-order chi connectivity index (χ0) is 9.84. The number of rotatable bonds is 3. The highest BCUT2D eigenvalue weighted by molar-refractivity contribution is 4.94. The maximum Gasteiger partial charge on any atom is 0.0975 e. The average Bonchev–Trinajstić information content (AvgIpc) is 2.56. The predicted molar refractivity (Wildman–Crippen MR) is 54.2 cm³/mol. The largest absolute Gasteiger partial charge is 0.288 e. The number of nitriles is 1. The fourth-order valence-corrected chi connectivity index (χ4v) is 2.07. The highest BCUT2D eigenvalue weighted by atomic mass is 15.2. The Morgan fingerprint density at radius 1 is 1.54 bits per heavy atom. The van der Waals surface area contributed by atoms with Gasteiger partial charge in [-0.25, -0.2) is 0 Å². The van der Waals surface area contributed by atoms with Gasteiger partial charge in [-0.2, -0.15) is 5.26 Å². The second-order valence-corrected chi connectivity index (χ2v) is 4.34. The van der Waals surface area contributed by atoms with Crippen molar-refractivity contribution in [2.75, 3.05) is 13.1 Å². The van der Waals surface area contributed by atoms with Crippen LogP contribution < -0.4 is 0 Å². The van der Waals surface area contributed by atoms with Crippen molar-refractivity contribution >= 4 is 0 Å². The molecule has 0 aliphatic carbocycles. The first-order chi connectivity index (χ1) is 6.19.